The van der Waals surface area contributed by atoms with Gasteiger partial charge in [-0.2, -0.15) is 0 Å². The molecule has 5 nitrogen and oxygen atoms in total. The van der Waals surface area contributed by atoms with E-state index in [9.17, 15) is 4.79 Å². The minimum Gasteiger partial charge on any atom is -0.466 e. The second-order valence-electron chi connectivity index (χ2n) is 7.18. The van der Waals surface area contributed by atoms with Crippen LogP contribution in [0.3, 0.4) is 0 Å². The maximum atomic E-state index is 11.5. The highest BCUT2D eigenvalue weighted by molar-refractivity contribution is 5.69. The van der Waals surface area contributed by atoms with Gasteiger partial charge in [0.05, 0.1) is 13.0 Å². The summed E-state index contributed by atoms with van der Waals surface area (Å²) >= 11 is 0. The van der Waals surface area contributed by atoms with E-state index in [1.165, 1.54) is 36.2 Å². The third kappa shape index (κ3) is 4.95. The van der Waals surface area contributed by atoms with Crippen molar-refractivity contribution >= 4 is 11.7 Å². The second kappa shape index (κ2) is 8.68. The molecule has 2 aliphatic heterocycles. The minimum atomic E-state index is -0.0835. The van der Waals surface area contributed by atoms with Crippen LogP contribution in [-0.4, -0.2) is 68.7 Å². The largest absolute Gasteiger partial charge is 0.466 e. The first-order valence-corrected chi connectivity index (χ1v) is 9.59. The molecule has 2 aliphatic rings. The number of aryl methyl sites for hydroxylation is 1. The monoisotopic (exact) mass is 345 g/mol. The summed E-state index contributed by atoms with van der Waals surface area (Å²) < 4.78 is 5.02. The zero-order valence-corrected chi connectivity index (χ0v) is 15.7. The van der Waals surface area contributed by atoms with Crippen LogP contribution >= 0.6 is 0 Å². The number of nitrogens with zero attached hydrogens (tertiary/aromatic N) is 3. The van der Waals surface area contributed by atoms with E-state index in [4.69, 9.17) is 4.74 Å². The van der Waals surface area contributed by atoms with Crippen molar-refractivity contribution in [3.05, 3.63) is 29.3 Å². The molecule has 0 saturated carbocycles. The van der Waals surface area contributed by atoms with Gasteiger partial charge in [0.15, 0.2) is 0 Å². The first-order chi connectivity index (χ1) is 12.2. The van der Waals surface area contributed by atoms with Gasteiger partial charge < -0.3 is 14.5 Å². The van der Waals surface area contributed by atoms with Crippen molar-refractivity contribution in [3.63, 3.8) is 0 Å². The average molecular weight is 345 g/mol. The number of benzene rings is 1. The molecule has 0 radical (unpaired) electrons. The van der Waals surface area contributed by atoms with Gasteiger partial charge in [-0.15, -0.1) is 0 Å². The van der Waals surface area contributed by atoms with Crippen LogP contribution in [-0.2, 0) is 22.5 Å². The van der Waals surface area contributed by atoms with E-state index in [-0.39, 0.29) is 5.97 Å². The van der Waals surface area contributed by atoms with Gasteiger partial charge in [-0.3, -0.25) is 9.69 Å². The predicted molar refractivity (Wildman–Crippen MR) is 101 cm³/mol. The Morgan fingerprint density at radius 1 is 1.12 bits per heavy atom. The maximum absolute atomic E-state index is 11.5. The van der Waals surface area contributed by atoms with Crippen molar-refractivity contribution in [2.75, 3.05) is 57.8 Å². The van der Waals surface area contributed by atoms with Crippen molar-refractivity contribution in [3.8, 4) is 0 Å². The van der Waals surface area contributed by atoms with E-state index < -0.39 is 0 Å². The quantitative estimate of drug-likeness (QED) is 0.764. The topological polar surface area (TPSA) is 36.0 Å². The maximum Gasteiger partial charge on any atom is 0.307 e. The van der Waals surface area contributed by atoms with Gasteiger partial charge in [0.25, 0.3) is 0 Å². The summed E-state index contributed by atoms with van der Waals surface area (Å²) in [4.78, 5) is 18.8. The molecule has 1 saturated heterocycles. The summed E-state index contributed by atoms with van der Waals surface area (Å²) in [7, 11) is 2.21. The Bertz CT molecular complexity index is 582. The highest BCUT2D eigenvalue weighted by atomic mass is 16.5. The van der Waals surface area contributed by atoms with Crippen LogP contribution in [0.15, 0.2) is 18.2 Å². The Labute approximate surface area is 151 Å². The molecule has 0 aromatic heterocycles. The van der Waals surface area contributed by atoms with E-state index in [0.29, 0.717) is 13.0 Å². The highest BCUT2D eigenvalue weighted by Crippen LogP contribution is 2.25. The molecule has 1 aromatic rings. The molecule has 0 aliphatic carbocycles. The van der Waals surface area contributed by atoms with Crippen molar-refractivity contribution in [1.29, 1.82) is 0 Å². The summed E-state index contributed by atoms with van der Waals surface area (Å²) in [5.74, 6) is -0.0835. The molecule has 0 atom stereocenters. The van der Waals surface area contributed by atoms with Crippen LogP contribution in [0, 0.1) is 0 Å². The van der Waals surface area contributed by atoms with Gasteiger partial charge in [0, 0.05) is 45.0 Å². The Hall–Kier alpha value is -1.59. The lowest BCUT2D eigenvalue weighted by Crippen LogP contribution is -2.47. The number of carbonyl (C=O) groups excluding carboxylic acids is 1. The molecule has 0 unspecified atom stereocenters. The third-order valence-electron chi connectivity index (χ3n) is 5.29. The third-order valence-corrected chi connectivity index (χ3v) is 5.29. The predicted octanol–water partition coefficient (Wildman–Crippen LogP) is 2.14. The molecule has 0 N–H and O–H groups in total. The van der Waals surface area contributed by atoms with E-state index in [1.54, 1.807) is 0 Å². The Balaban J connectivity index is 1.54. The standard InChI is InChI=1S/C20H31N3O2/c1-3-25-20(24)8-10-22-11-13-23(14-12-22)19-7-6-17-5-4-9-21(2)16-18(17)15-19/h6-7,15H,3-5,8-14,16H2,1-2H3. The van der Waals surface area contributed by atoms with E-state index in [1.807, 2.05) is 6.92 Å². The molecule has 0 bridgehead atoms. The first-order valence-electron chi connectivity index (χ1n) is 9.59. The smallest absolute Gasteiger partial charge is 0.307 e. The molecule has 138 valence electrons. The number of anilines is 1. The van der Waals surface area contributed by atoms with Gasteiger partial charge >= 0.3 is 5.97 Å². The van der Waals surface area contributed by atoms with Crippen LogP contribution in [0.4, 0.5) is 5.69 Å². The van der Waals surface area contributed by atoms with Crippen molar-refractivity contribution in [2.24, 2.45) is 0 Å². The zero-order chi connectivity index (χ0) is 17.6. The lowest BCUT2D eigenvalue weighted by Gasteiger charge is -2.36. The van der Waals surface area contributed by atoms with Gasteiger partial charge in [0.1, 0.15) is 0 Å². The SMILES string of the molecule is CCOC(=O)CCN1CCN(c2ccc3c(c2)CN(C)CCC3)CC1. The van der Waals surface area contributed by atoms with Gasteiger partial charge in [-0.1, -0.05) is 6.07 Å². The molecule has 25 heavy (non-hydrogen) atoms. The van der Waals surface area contributed by atoms with E-state index in [2.05, 4.69) is 39.9 Å². The van der Waals surface area contributed by atoms with Crippen LogP contribution in [0.5, 0.6) is 0 Å². The molecule has 3 rings (SSSR count). The number of rotatable bonds is 5. The molecular formula is C20H31N3O2. The lowest BCUT2D eigenvalue weighted by atomic mass is 10.0. The number of esters is 1. The van der Waals surface area contributed by atoms with Crippen LogP contribution in [0.25, 0.3) is 0 Å². The number of fused-ring (bicyclic) bond motifs is 1. The number of hydrogen-bond acceptors (Lipinski definition) is 5. The summed E-state index contributed by atoms with van der Waals surface area (Å²) in [6.45, 7) is 9.45. The van der Waals surface area contributed by atoms with Crippen LogP contribution in [0.1, 0.15) is 30.9 Å². The van der Waals surface area contributed by atoms with Crippen LogP contribution < -0.4 is 4.90 Å². The molecule has 1 fully saturated rings. The molecule has 0 spiro atoms. The van der Waals surface area contributed by atoms with Gasteiger partial charge in [0.2, 0.25) is 0 Å². The molecule has 5 heteroatoms. The fourth-order valence-electron chi connectivity index (χ4n) is 3.82. The molecular weight excluding hydrogens is 314 g/mol. The van der Waals surface area contributed by atoms with Gasteiger partial charge in [-0.25, -0.2) is 0 Å². The molecule has 0 amide bonds. The summed E-state index contributed by atoms with van der Waals surface area (Å²) in [5.41, 5.74) is 4.35. The minimum absolute atomic E-state index is 0.0835. The Kier molecular flexibility index (Phi) is 6.32. The fourth-order valence-corrected chi connectivity index (χ4v) is 3.82. The second-order valence-corrected chi connectivity index (χ2v) is 7.18. The number of piperazine rings is 1. The summed E-state index contributed by atoms with van der Waals surface area (Å²) in [6.07, 6.45) is 2.95. The Morgan fingerprint density at radius 3 is 2.68 bits per heavy atom. The number of hydrogen-bond donors (Lipinski definition) is 0. The van der Waals surface area contributed by atoms with Crippen molar-refractivity contribution in [2.45, 2.75) is 32.7 Å². The van der Waals surface area contributed by atoms with Crippen molar-refractivity contribution in [1.82, 2.24) is 9.80 Å². The molecule has 1 aromatic carbocycles. The Morgan fingerprint density at radius 2 is 1.92 bits per heavy atom. The number of ether oxygens (including phenoxy) is 1. The van der Waals surface area contributed by atoms with Gasteiger partial charge in [-0.05, 0) is 56.6 Å². The summed E-state index contributed by atoms with van der Waals surface area (Å²) in [6, 6.07) is 7.01. The fraction of sp³-hybridized carbons (Fsp3) is 0.650. The van der Waals surface area contributed by atoms with E-state index in [0.717, 1.165) is 39.3 Å². The lowest BCUT2D eigenvalue weighted by molar-refractivity contribution is -0.143. The summed E-state index contributed by atoms with van der Waals surface area (Å²) in [5, 5.41) is 0. The highest BCUT2D eigenvalue weighted by Gasteiger charge is 2.19. The number of carbonyl (C=O) groups is 1. The van der Waals surface area contributed by atoms with E-state index >= 15 is 0 Å². The normalized spacial score (nSPS) is 19.4. The van der Waals surface area contributed by atoms with Crippen molar-refractivity contribution < 1.29 is 9.53 Å². The first kappa shape index (κ1) is 18.2. The average Bonchev–Trinajstić information content (AvgIpc) is 2.80. The zero-order valence-electron chi connectivity index (χ0n) is 15.7. The van der Waals surface area contributed by atoms with Crippen LogP contribution in [0.2, 0.25) is 0 Å². The molecule has 2 heterocycles.